The molecule has 0 aliphatic carbocycles. The van der Waals surface area contributed by atoms with Gasteiger partial charge in [-0.15, -0.1) is 0 Å². The zero-order valence-electron chi connectivity index (χ0n) is 11.9. The van der Waals surface area contributed by atoms with Gasteiger partial charge in [-0.1, -0.05) is 91.2 Å². The normalized spacial score (nSPS) is 12.6. The number of unbranched alkanes of at least 4 members (excludes halogenated alkanes) is 5. The van der Waals surface area contributed by atoms with Crippen LogP contribution >= 0.6 is 15.9 Å². The van der Waals surface area contributed by atoms with Gasteiger partial charge < -0.3 is 0 Å². The maximum Gasteiger partial charge on any atom is 0.0100 e. The Morgan fingerprint density at radius 2 is 1.56 bits per heavy atom. The van der Waals surface area contributed by atoms with Crippen molar-refractivity contribution in [3.05, 3.63) is 35.4 Å². The fourth-order valence-corrected chi connectivity index (χ4v) is 3.04. The number of benzene rings is 1. The molecule has 0 amide bonds. The summed E-state index contributed by atoms with van der Waals surface area (Å²) in [5.74, 6) is 0.691. The highest BCUT2D eigenvalue weighted by atomic mass is 79.9. The van der Waals surface area contributed by atoms with Crippen LogP contribution in [0.3, 0.4) is 0 Å². The Hall–Kier alpha value is -0.300. The molecular weight excluding hydrogens is 284 g/mol. The summed E-state index contributed by atoms with van der Waals surface area (Å²) in [6, 6.07) is 9.04. The van der Waals surface area contributed by atoms with E-state index in [0.717, 1.165) is 5.33 Å². The van der Waals surface area contributed by atoms with Crippen LogP contribution in [-0.4, -0.2) is 5.33 Å². The molecule has 0 heterocycles. The van der Waals surface area contributed by atoms with Gasteiger partial charge in [-0.05, 0) is 24.8 Å². The monoisotopic (exact) mass is 310 g/mol. The summed E-state index contributed by atoms with van der Waals surface area (Å²) in [6.07, 6.45) is 9.66. The van der Waals surface area contributed by atoms with Crippen LogP contribution in [0.15, 0.2) is 24.3 Å². The standard InChI is InChI=1S/C17H27Br/c1-3-4-5-6-7-8-9-17(14-18)16-12-10-15(2)11-13-16/h10-13,17H,3-9,14H2,1-2H3. The summed E-state index contributed by atoms with van der Waals surface area (Å²) in [6.45, 7) is 4.43. The van der Waals surface area contributed by atoms with E-state index >= 15 is 0 Å². The minimum atomic E-state index is 0.691. The SMILES string of the molecule is CCCCCCCCC(CBr)c1ccc(C)cc1. The molecule has 1 aromatic rings. The minimum absolute atomic E-state index is 0.691. The molecule has 0 aromatic heterocycles. The molecule has 0 aliphatic heterocycles. The molecule has 0 spiro atoms. The lowest BCUT2D eigenvalue weighted by molar-refractivity contribution is 0.561. The predicted molar refractivity (Wildman–Crippen MR) is 85.7 cm³/mol. The van der Waals surface area contributed by atoms with Gasteiger partial charge in [0, 0.05) is 5.33 Å². The Labute approximate surface area is 121 Å². The minimum Gasteiger partial charge on any atom is -0.0921 e. The molecule has 0 radical (unpaired) electrons. The maximum atomic E-state index is 3.67. The van der Waals surface area contributed by atoms with E-state index in [2.05, 4.69) is 54.0 Å². The molecule has 0 saturated carbocycles. The van der Waals surface area contributed by atoms with Gasteiger partial charge in [0.05, 0.1) is 0 Å². The van der Waals surface area contributed by atoms with Crippen molar-refractivity contribution < 1.29 is 0 Å². The van der Waals surface area contributed by atoms with E-state index in [1.54, 1.807) is 0 Å². The summed E-state index contributed by atoms with van der Waals surface area (Å²) < 4.78 is 0. The summed E-state index contributed by atoms with van der Waals surface area (Å²) in [5.41, 5.74) is 2.85. The van der Waals surface area contributed by atoms with Crippen molar-refractivity contribution in [2.75, 3.05) is 5.33 Å². The van der Waals surface area contributed by atoms with Crippen LogP contribution in [-0.2, 0) is 0 Å². The van der Waals surface area contributed by atoms with Gasteiger partial charge in [-0.3, -0.25) is 0 Å². The van der Waals surface area contributed by atoms with Crippen LogP contribution in [0.25, 0.3) is 0 Å². The Balaban J connectivity index is 2.27. The number of rotatable bonds is 9. The number of aryl methyl sites for hydroxylation is 1. The Kier molecular flexibility index (Phi) is 8.41. The zero-order chi connectivity index (χ0) is 13.2. The molecule has 0 aliphatic rings. The van der Waals surface area contributed by atoms with Crippen molar-refractivity contribution in [2.45, 2.75) is 64.7 Å². The Bertz CT molecular complexity index is 302. The third kappa shape index (κ3) is 6.04. The number of hydrogen-bond donors (Lipinski definition) is 0. The van der Waals surface area contributed by atoms with Gasteiger partial charge in [0.1, 0.15) is 0 Å². The molecule has 1 aromatic carbocycles. The molecule has 1 rings (SSSR count). The molecule has 1 atom stereocenters. The van der Waals surface area contributed by atoms with E-state index in [4.69, 9.17) is 0 Å². The quantitative estimate of drug-likeness (QED) is 0.375. The number of halogens is 1. The van der Waals surface area contributed by atoms with Gasteiger partial charge in [0.25, 0.3) is 0 Å². The molecule has 102 valence electrons. The molecule has 18 heavy (non-hydrogen) atoms. The number of alkyl halides is 1. The van der Waals surface area contributed by atoms with Crippen LogP contribution < -0.4 is 0 Å². The van der Waals surface area contributed by atoms with Crippen molar-refractivity contribution in [1.29, 1.82) is 0 Å². The second-order valence-corrected chi connectivity index (χ2v) is 5.97. The molecule has 0 fully saturated rings. The number of hydrogen-bond acceptors (Lipinski definition) is 0. The fraction of sp³-hybridized carbons (Fsp3) is 0.647. The average Bonchev–Trinajstić information content (AvgIpc) is 2.39. The highest BCUT2D eigenvalue weighted by molar-refractivity contribution is 9.09. The van der Waals surface area contributed by atoms with Crippen molar-refractivity contribution in [3.8, 4) is 0 Å². The van der Waals surface area contributed by atoms with Gasteiger partial charge in [-0.25, -0.2) is 0 Å². The topological polar surface area (TPSA) is 0 Å². The fourth-order valence-electron chi connectivity index (χ4n) is 2.34. The van der Waals surface area contributed by atoms with E-state index in [9.17, 15) is 0 Å². The molecular formula is C17H27Br. The van der Waals surface area contributed by atoms with Gasteiger partial charge in [0.2, 0.25) is 0 Å². The average molecular weight is 311 g/mol. The summed E-state index contributed by atoms with van der Waals surface area (Å²) >= 11 is 3.67. The highest BCUT2D eigenvalue weighted by Gasteiger charge is 2.09. The second kappa shape index (κ2) is 9.61. The first-order valence-corrected chi connectivity index (χ1v) is 8.52. The second-order valence-electron chi connectivity index (χ2n) is 5.32. The molecule has 1 unspecified atom stereocenters. The van der Waals surface area contributed by atoms with Gasteiger partial charge in [0.15, 0.2) is 0 Å². The van der Waals surface area contributed by atoms with Crippen molar-refractivity contribution in [1.82, 2.24) is 0 Å². The van der Waals surface area contributed by atoms with Crippen LogP contribution in [0, 0.1) is 6.92 Å². The van der Waals surface area contributed by atoms with Crippen molar-refractivity contribution in [3.63, 3.8) is 0 Å². The highest BCUT2D eigenvalue weighted by Crippen LogP contribution is 2.25. The molecule has 0 N–H and O–H groups in total. The third-order valence-corrected chi connectivity index (χ3v) is 4.42. The van der Waals surface area contributed by atoms with Gasteiger partial charge in [-0.2, -0.15) is 0 Å². The van der Waals surface area contributed by atoms with E-state index in [-0.39, 0.29) is 0 Å². The summed E-state index contributed by atoms with van der Waals surface area (Å²) in [5, 5.41) is 1.09. The van der Waals surface area contributed by atoms with Gasteiger partial charge >= 0.3 is 0 Å². The van der Waals surface area contributed by atoms with Crippen LogP contribution in [0.5, 0.6) is 0 Å². The predicted octanol–water partition coefficient (Wildman–Crippen LogP) is 6.22. The van der Waals surface area contributed by atoms with Crippen LogP contribution in [0.1, 0.15) is 68.9 Å². The lowest BCUT2D eigenvalue weighted by atomic mass is 9.94. The molecule has 1 heteroatoms. The van der Waals surface area contributed by atoms with E-state index in [0.29, 0.717) is 5.92 Å². The first-order chi connectivity index (χ1) is 8.77. The van der Waals surface area contributed by atoms with Crippen molar-refractivity contribution >= 4 is 15.9 Å². The lowest BCUT2D eigenvalue weighted by Crippen LogP contribution is -2.00. The zero-order valence-corrected chi connectivity index (χ0v) is 13.5. The summed E-state index contributed by atoms with van der Waals surface area (Å²) in [7, 11) is 0. The van der Waals surface area contributed by atoms with E-state index in [1.807, 2.05) is 0 Å². The Morgan fingerprint density at radius 3 is 2.17 bits per heavy atom. The molecule has 0 saturated heterocycles. The van der Waals surface area contributed by atoms with E-state index in [1.165, 1.54) is 56.1 Å². The van der Waals surface area contributed by atoms with Crippen molar-refractivity contribution in [2.24, 2.45) is 0 Å². The molecule has 0 nitrogen and oxygen atoms in total. The lowest BCUT2D eigenvalue weighted by Gasteiger charge is -2.14. The first kappa shape index (κ1) is 15.8. The summed E-state index contributed by atoms with van der Waals surface area (Å²) in [4.78, 5) is 0. The third-order valence-electron chi connectivity index (χ3n) is 3.64. The maximum absolute atomic E-state index is 3.67. The smallest absolute Gasteiger partial charge is 0.0100 e. The first-order valence-electron chi connectivity index (χ1n) is 7.40. The Morgan fingerprint density at radius 1 is 0.944 bits per heavy atom. The van der Waals surface area contributed by atoms with Crippen LogP contribution in [0.4, 0.5) is 0 Å². The molecule has 0 bridgehead atoms. The van der Waals surface area contributed by atoms with E-state index < -0.39 is 0 Å². The van der Waals surface area contributed by atoms with Crippen LogP contribution in [0.2, 0.25) is 0 Å². The largest absolute Gasteiger partial charge is 0.0921 e.